The summed E-state index contributed by atoms with van der Waals surface area (Å²) in [6.45, 7) is 6.22. The third-order valence-corrected chi connectivity index (χ3v) is 2.65. The molecule has 2 heterocycles. The molecule has 0 aromatic carbocycles. The lowest BCUT2D eigenvalue weighted by Crippen LogP contribution is -2.18. The van der Waals surface area contributed by atoms with Gasteiger partial charge in [0.2, 0.25) is 0 Å². The van der Waals surface area contributed by atoms with Crippen molar-refractivity contribution < 1.29 is 0 Å². The van der Waals surface area contributed by atoms with Crippen molar-refractivity contribution in [2.24, 2.45) is 0 Å². The quantitative estimate of drug-likeness (QED) is 0.739. The molecule has 1 aromatic rings. The van der Waals surface area contributed by atoms with Crippen LogP contribution < -0.4 is 5.32 Å². The van der Waals surface area contributed by atoms with Crippen LogP contribution in [-0.2, 0) is 6.54 Å². The molecule has 4 heteroatoms. The average molecular weight is 180 g/mol. The molecule has 1 fully saturated rings. The van der Waals surface area contributed by atoms with Crippen LogP contribution in [0, 0.1) is 6.92 Å². The Balaban J connectivity index is 2.27. The number of nitrogens with zero attached hydrogens (tertiary/aromatic N) is 3. The molecule has 4 nitrogen and oxygen atoms in total. The second kappa shape index (κ2) is 3.46. The molecule has 0 unspecified atom stereocenters. The minimum absolute atomic E-state index is 0.432. The molecule has 0 spiro atoms. The number of nitrogens with one attached hydrogen (secondary N) is 1. The SMILES string of the molecule is CCn1c(C)nnc1[C@@H]1CCCN1. The topological polar surface area (TPSA) is 42.7 Å². The van der Waals surface area contributed by atoms with Crippen molar-refractivity contribution in [1.29, 1.82) is 0 Å². The Morgan fingerprint density at radius 3 is 3.00 bits per heavy atom. The molecule has 1 saturated heterocycles. The first kappa shape index (κ1) is 8.69. The summed E-state index contributed by atoms with van der Waals surface area (Å²) in [6.07, 6.45) is 2.44. The number of hydrogen-bond donors (Lipinski definition) is 1. The molecule has 2 rings (SSSR count). The van der Waals surface area contributed by atoms with Gasteiger partial charge in [0.05, 0.1) is 6.04 Å². The summed E-state index contributed by atoms with van der Waals surface area (Å²) in [5.41, 5.74) is 0. The van der Waals surface area contributed by atoms with Gasteiger partial charge in [0.1, 0.15) is 11.6 Å². The molecule has 72 valence electrons. The van der Waals surface area contributed by atoms with E-state index >= 15 is 0 Å². The molecule has 1 N–H and O–H groups in total. The largest absolute Gasteiger partial charge is 0.314 e. The minimum atomic E-state index is 0.432. The Labute approximate surface area is 78.4 Å². The van der Waals surface area contributed by atoms with Gasteiger partial charge in [-0.15, -0.1) is 10.2 Å². The Hall–Kier alpha value is -0.900. The van der Waals surface area contributed by atoms with Crippen LogP contribution in [0.4, 0.5) is 0 Å². The second-order valence-electron chi connectivity index (χ2n) is 3.50. The monoisotopic (exact) mass is 180 g/mol. The summed E-state index contributed by atoms with van der Waals surface area (Å²) in [5.74, 6) is 2.13. The van der Waals surface area contributed by atoms with Crippen molar-refractivity contribution in [3.63, 3.8) is 0 Å². The predicted octanol–water partition coefficient (Wildman–Crippen LogP) is 1.03. The zero-order valence-electron chi connectivity index (χ0n) is 8.25. The maximum absolute atomic E-state index is 4.22. The van der Waals surface area contributed by atoms with Gasteiger partial charge in [-0.05, 0) is 33.2 Å². The maximum atomic E-state index is 4.22. The lowest BCUT2D eigenvalue weighted by molar-refractivity contribution is 0.553. The van der Waals surface area contributed by atoms with Crippen molar-refractivity contribution >= 4 is 0 Å². The fourth-order valence-corrected chi connectivity index (χ4v) is 1.95. The summed E-state index contributed by atoms with van der Waals surface area (Å²) in [5, 5.41) is 11.8. The highest BCUT2D eigenvalue weighted by Crippen LogP contribution is 2.21. The summed E-state index contributed by atoms with van der Waals surface area (Å²) >= 11 is 0. The fraction of sp³-hybridized carbons (Fsp3) is 0.778. The molecule has 1 aliphatic heterocycles. The molecule has 0 amide bonds. The first-order valence-electron chi connectivity index (χ1n) is 4.96. The van der Waals surface area contributed by atoms with E-state index in [1.54, 1.807) is 0 Å². The van der Waals surface area contributed by atoms with Crippen LogP contribution in [0.25, 0.3) is 0 Å². The number of rotatable bonds is 2. The van der Waals surface area contributed by atoms with E-state index in [1.165, 1.54) is 12.8 Å². The van der Waals surface area contributed by atoms with Gasteiger partial charge in [-0.1, -0.05) is 0 Å². The van der Waals surface area contributed by atoms with Crippen molar-refractivity contribution in [1.82, 2.24) is 20.1 Å². The highest BCUT2D eigenvalue weighted by Gasteiger charge is 2.21. The minimum Gasteiger partial charge on any atom is -0.314 e. The number of hydrogen-bond acceptors (Lipinski definition) is 3. The highest BCUT2D eigenvalue weighted by atomic mass is 15.3. The molecule has 1 aliphatic rings. The highest BCUT2D eigenvalue weighted by molar-refractivity contribution is 5.01. The summed E-state index contributed by atoms with van der Waals surface area (Å²) < 4.78 is 2.18. The molecule has 0 aliphatic carbocycles. The van der Waals surface area contributed by atoms with Crippen molar-refractivity contribution in [2.45, 2.75) is 39.3 Å². The number of aromatic nitrogens is 3. The van der Waals surface area contributed by atoms with Crippen LogP contribution >= 0.6 is 0 Å². The van der Waals surface area contributed by atoms with Gasteiger partial charge in [0, 0.05) is 6.54 Å². The lowest BCUT2D eigenvalue weighted by atomic mass is 10.2. The predicted molar refractivity (Wildman–Crippen MR) is 50.4 cm³/mol. The molecule has 13 heavy (non-hydrogen) atoms. The first-order chi connectivity index (χ1) is 6.33. The molecule has 0 bridgehead atoms. The van der Waals surface area contributed by atoms with Crippen LogP contribution in [0.15, 0.2) is 0 Å². The second-order valence-corrected chi connectivity index (χ2v) is 3.50. The van der Waals surface area contributed by atoms with E-state index in [9.17, 15) is 0 Å². The first-order valence-corrected chi connectivity index (χ1v) is 4.96. The Bertz CT molecular complexity index is 286. The van der Waals surface area contributed by atoms with Crippen molar-refractivity contribution in [3.05, 3.63) is 11.6 Å². The smallest absolute Gasteiger partial charge is 0.150 e. The van der Waals surface area contributed by atoms with E-state index in [-0.39, 0.29) is 0 Å². The zero-order valence-corrected chi connectivity index (χ0v) is 8.25. The van der Waals surface area contributed by atoms with Gasteiger partial charge >= 0.3 is 0 Å². The van der Waals surface area contributed by atoms with Crippen LogP contribution in [0.3, 0.4) is 0 Å². The maximum Gasteiger partial charge on any atom is 0.150 e. The van der Waals surface area contributed by atoms with Crippen LogP contribution in [0.2, 0.25) is 0 Å². The molecule has 1 aromatic heterocycles. The standard InChI is InChI=1S/C9H16N4/c1-3-13-7(2)11-12-9(13)8-5-4-6-10-8/h8,10H,3-6H2,1-2H3/t8-/m0/s1. The van der Waals surface area contributed by atoms with Crippen molar-refractivity contribution in [2.75, 3.05) is 6.54 Å². The zero-order chi connectivity index (χ0) is 9.26. The lowest BCUT2D eigenvalue weighted by Gasteiger charge is -2.10. The molecule has 0 saturated carbocycles. The Kier molecular flexibility index (Phi) is 2.31. The van der Waals surface area contributed by atoms with Crippen LogP contribution in [0.5, 0.6) is 0 Å². The van der Waals surface area contributed by atoms with E-state index in [0.717, 1.165) is 24.7 Å². The third kappa shape index (κ3) is 1.46. The summed E-state index contributed by atoms with van der Waals surface area (Å²) in [4.78, 5) is 0. The molecular weight excluding hydrogens is 164 g/mol. The van der Waals surface area contributed by atoms with Crippen LogP contribution in [-0.4, -0.2) is 21.3 Å². The fourth-order valence-electron chi connectivity index (χ4n) is 1.95. The normalized spacial score (nSPS) is 22.5. The van der Waals surface area contributed by atoms with Gasteiger partial charge in [0.15, 0.2) is 0 Å². The number of aryl methyl sites for hydroxylation is 1. The van der Waals surface area contributed by atoms with Gasteiger partial charge in [0.25, 0.3) is 0 Å². The van der Waals surface area contributed by atoms with E-state index in [0.29, 0.717) is 6.04 Å². The molecule has 1 atom stereocenters. The van der Waals surface area contributed by atoms with Crippen LogP contribution in [0.1, 0.15) is 37.5 Å². The van der Waals surface area contributed by atoms with E-state index in [1.807, 2.05) is 6.92 Å². The summed E-state index contributed by atoms with van der Waals surface area (Å²) in [6, 6.07) is 0.432. The van der Waals surface area contributed by atoms with E-state index in [4.69, 9.17) is 0 Å². The van der Waals surface area contributed by atoms with E-state index < -0.39 is 0 Å². The van der Waals surface area contributed by atoms with Gasteiger partial charge < -0.3 is 9.88 Å². The average Bonchev–Trinajstić information content (AvgIpc) is 2.71. The summed E-state index contributed by atoms with van der Waals surface area (Å²) in [7, 11) is 0. The van der Waals surface area contributed by atoms with Crippen molar-refractivity contribution in [3.8, 4) is 0 Å². The van der Waals surface area contributed by atoms with Gasteiger partial charge in [-0.2, -0.15) is 0 Å². The Morgan fingerprint density at radius 2 is 2.38 bits per heavy atom. The van der Waals surface area contributed by atoms with Gasteiger partial charge in [-0.3, -0.25) is 0 Å². The third-order valence-electron chi connectivity index (χ3n) is 2.65. The molecular formula is C9H16N4. The molecule has 0 radical (unpaired) electrons. The van der Waals surface area contributed by atoms with Gasteiger partial charge in [-0.25, -0.2) is 0 Å². The Morgan fingerprint density at radius 1 is 1.54 bits per heavy atom. The van der Waals surface area contributed by atoms with E-state index in [2.05, 4.69) is 27.0 Å².